The Morgan fingerprint density at radius 1 is 1.42 bits per heavy atom. The molecule has 3 rings (SSSR count). The van der Waals surface area contributed by atoms with Crippen molar-refractivity contribution in [3.8, 4) is 6.07 Å². The average Bonchev–Trinajstić information content (AvgIpc) is 3.00. The molecule has 19 heavy (non-hydrogen) atoms. The zero-order chi connectivity index (χ0) is 13.6. The minimum atomic E-state index is -3.00. The van der Waals surface area contributed by atoms with Crippen LogP contribution in [-0.2, 0) is 9.84 Å². The maximum absolute atomic E-state index is 11.5. The summed E-state index contributed by atoms with van der Waals surface area (Å²) >= 11 is 0. The summed E-state index contributed by atoms with van der Waals surface area (Å²) in [6.07, 6.45) is 2.63. The molecule has 0 bridgehead atoms. The Bertz CT molecular complexity index is 653. The Labute approximate surface area is 111 Å². The van der Waals surface area contributed by atoms with E-state index in [-0.39, 0.29) is 23.4 Å². The quantitative estimate of drug-likeness (QED) is 0.822. The van der Waals surface area contributed by atoms with E-state index in [0.29, 0.717) is 23.8 Å². The molecule has 1 unspecified atom stereocenters. The number of anilines is 2. The summed E-state index contributed by atoms with van der Waals surface area (Å²) in [4.78, 5) is 0. The molecule has 2 aliphatic rings. The van der Waals surface area contributed by atoms with E-state index < -0.39 is 9.84 Å². The normalized spacial score (nSPS) is 25.1. The van der Waals surface area contributed by atoms with Crippen LogP contribution in [0.15, 0.2) is 0 Å². The van der Waals surface area contributed by atoms with Gasteiger partial charge in [0, 0.05) is 6.04 Å². The molecule has 1 aliphatic carbocycles. The Morgan fingerprint density at radius 3 is 2.68 bits per heavy atom. The summed E-state index contributed by atoms with van der Waals surface area (Å²) in [5.74, 6) is 0.941. The Morgan fingerprint density at radius 2 is 2.16 bits per heavy atom. The molecule has 0 spiro atoms. The highest BCUT2D eigenvalue weighted by molar-refractivity contribution is 7.91. The van der Waals surface area contributed by atoms with Crippen LogP contribution in [0.3, 0.4) is 0 Å². The van der Waals surface area contributed by atoms with Gasteiger partial charge in [-0.15, -0.1) is 0 Å². The summed E-state index contributed by atoms with van der Waals surface area (Å²) in [6.45, 7) is 0. The summed E-state index contributed by atoms with van der Waals surface area (Å²) in [7, 11) is -3.00. The highest BCUT2D eigenvalue weighted by Gasteiger charge is 2.33. The molecule has 0 radical (unpaired) electrons. The fourth-order valence-electron chi connectivity index (χ4n) is 2.33. The van der Waals surface area contributed by atoms with Crippen molar-refractivity contribution >= 4 is 21.5 Å². The van der Waals surface area contributed by atoms with E-state index in [4.69, 9.17) is 11.0 Å². The van der Waals surface area contributed by atoms with Gasteiger partial charge in [0.1, 0.15) is 17.5 Å². The standard InChI is InChI=1S/C11H15N5O2S/c12-5-9-10(13)16(8-3-4-19(17,18)6-8)15-11(9)14-7-1-2-7/h7-8H,1-4,6,13H2,(H,14,15). The van der Waals surface area contributed by atoms with E-state index in [1.807, 2.05) is 6.07 Å². The summed E-state index contributed by atoms with van der Waals surface area (Å²) in [6, 6.07) is 2.15. The van der Waals surface area contributed by atoms with E-state index in [1.54, 1.807) is 0 Å². The first-order chi connectivity index (χ1) is 9.00. The van der Waals surface area contributed by atoms with Gasteiger partial charge in [-0.25, -0.2) is 13.1 Å². The Balaban J connectivity index is 1.93. The number of hydrogen-bond acceptors (Lipinski definition) is 6. The van der Waals surface area contributed by atoms with Crippen LogP contribution in [0.5, 0.6) is 0 Å². The molecule has 1 aromatic heterocycles. The van der Waals surface area contributed by atoms with Crippen LogP contribution in [0, 0.1) is 11.3 Å². The van der Waals surface area contributed by atoms with E-state index in [9.17, 15) is 8.42 Å². The third kappa shape index (κ3) is 2.26. The third-order valence-corrected chi connectivity index (χ3v) is 5.28. The molecule has 7 nitrogen and oxygen atoms in total. The third-order valence-electron chi connectivity index (χ3n) is 3.53. The first-order valence-corrected chi connectivity index (χ1v) is 8.07. The molecule has 8 heteroatoms. The van der Waals surface area contributed by atoms with Gasteiger partial charge < -0.3 is 11.1 Å². The summed E-state index contributed by atoms with van der Waals surface area (Å²) < 4.78 is 24.5. The van der Waals surface area contributed by atoms with Crippen molar-refractivity contribution in [2.75, 3.05) is 22.6 Å². The monoisotopic (exact) mass is 281 g/mol. The van der Waals surface area contributed by atoms with Crippen LogP contribution in [-0.4, -0.2) is 35.7 Å². The number of nitriles is 1. The van der Waals surface area contributed by atoms with Gasteiger partial charge in [0.25, 0.3) is 0 Å². The molecular weight excluding hydrogens is 266 g/mol. The molecule has 2 fully saturated rings. The molecule has 3 N–H and O–H groups in total. The number of rotatable bonds is 3. The summed E-state index contributed by atoms with van der Waals surface area (Å²) in [5.41, 5.74) is 6.24. The van der Waals surface area contributed by atoms with Crippen molar-refractivity contribution in [2.24, 2.45) is 0 Å². The molecule has 1 atom stereocenters. The van der Waals surface area contributed by atoms with E-state index in [0.717, 1.165) is 12.8 Å². The Hall–Kier alpha value is -1.75. The second kappa shape index (κ2) is 4.13. The lowest BCUT2D eigenvalue weighted by molar-refractivity contribution is 0.508. The van der Waals surface area contributed by atoms with Crippen LogP contribution in [0.1, 0.15) is 30.9 Å². The zero-order valence-electron chi connectivity index (χ0n) is 10.3. The first kappa shape index (κ1) is 12.3. The average molecular weight is 281 g/mol. The van der Waals surface area contributed by atoms with Crippen molar-refractivity contribution in [2.45, 2.75) is 31.3 Å². The van der Waals surface area contributed by atoms with Gasteiger partial charge >= 0.3 is 0 Å². The lowest BCUT2D eigenvalue weighted by atomic mass is 10.2. The number of nitrogen functional groups attached to an aromatic ring is 1. The predicted octanol–water partition coefficient (Wildman–Crippen LogP) is 0.271. The highest BCUT2D eigenvalue weighted by Crippen LogP contribution is 2.32. The van der Waals surface area contributed by atoms with Crippen molar-refractivity contribution < 1.29 is 8.42 Å². The number of sulfone groups is 1. The number of hydrogen-bond donors (Lipinski definition) is 2. The highest BCUT2D eigenvalue weighted by atomic mass is 32.2. The van der Waals surface area contributed by atoms with Gasteiger partial charge in [-0.2, -0.15) is 10.4 Å². The molecule has 2 heterocycles. The fourth-order valence-corrected chi connectivity index (χ4v) is 4.02. The fraction of sp³-hybridized carbons (Fsp3) is 0.636. The molecule has 1 saturated heterocycles. The summed E-state index contributed by atoms with van der Waals surface area (Å²) in [5, 5.41) is 16.6. The number of nitrogens with zero attached hydrogens (tertiary/aromatic N) is 3. The zero-order valence-corrected chi connectivity index (χ0v) is 11.2. The molecule has 0 aromatic carbocycles. The van der Waals surface area contributed by atoms with Crippen molar-refractivity contribution in [1.29, 1.82) is 5.26 Å². The smallest absolute Gasteiger partial charge is 0.168 e. The maximum atomic E-state index is 11.5. The number of nitrogens with two attached hydrogens (primary N) is 1. The van der Waals surface area contributed by atoms with E-state index in [1.165, 1.54) is 4.68 Å². The topological polar surface area (TPSA) is 114 Å². The first-order valence-electron chi connectivity index (χ1n) is 6.25. The molecule has 1 saturated carbocycles. The maximum Gasteiger partial charge on any atom is 0.168 e. The molecule has 102 valence electrons. The van der Waals surface area contributed by atoms with Crippen LogP contribution in [0.2, 0.25) is 0 Å². The predicted molar refractivity (Wildman–Crippen MR) is 70.3 cm³/mol. The lowest BCUT2D eigenvalue weighted by Gasteiger charge is -2.09. The van der Waals surface area contributed by atoms with Gasteiger partial charge in [-0.1, -0.05) is 0 Å². The number of aromatic nitrogens is 2. The minimum Gasteiger partial charge on any atom is -0.383 e. The van der Waals surface area contributed by atoms with E-state index in [2.05, 4.69) is 10.4 Å². The van der Waals surface area contributed by atoms with E-state index >= 15 is 0 Å². The van der Waals surface area contributed by atoms with Crippen LogP contribution in [0.25, 0.3) is 0 Å². The van der Waals surface area contributed by atoms with Crippen molar-refractivity contribution in [1.82, 2.24) is 9.78 Å². The molecule has 1 aromatic rings. The lowest BCUT2D eigenvalue weighted by Crippen LogP contribution is -2.15. The van der Waals surface area contributed by atoms with Gasteiger partial charge in [-0.05, 0) is 19.3 Å². The number of nitrogens with one attached hydrogen (secondary N) is 1. The second-order valence-electron chi connectivity index (χ2n) is 5.14. The van der Waals surface area contributed by atoms with Gasteiger partial charge in [0.05, 0.1) is 17.5 Å². The van der Waals surface area contributed by atoms with Crippen LogP contribution < -0.4 is 11.1 Å². The molecule has 1 aliphatic heterocycles. The Kier molecular flexibility index (Phi) is 2.67. The molecular formula is C11H15N5O2S. The largest absolute Gasteiger partial charge is 0.383 e. The SMILES string of the molecule is N#Cc1c(NC2CC2)nn(C2CCS(=O)(=O)C2)c1N. The van der Waals surface area contributed by atoms with Gasteiger partial charge in [-0.3, -0.25) is 0 Å². The van der Waals surface area contributed by atoms with Gasteiger partial charge in [0.2, 0.25) is 0 Å². The van der Waals surface area contributed by atoms with Crippen LogP contribution >= 0.6 is 0 Å². The van der Waals surface area contributed by atoms with Crippen molar-refractivity contribution in [3.63, 3.8) is 0 Å². The second-order valence-corrected chi connectivity index (χ2v) is 7.37. The minimum absolute atomic E-state index is 0.0482. The van der Waals surface area contributed by atoms with Crippen molar-refractivity contribution in [3.05, 3.63) is 5.56 Å². The van der Waals surface area contributed by atoms with Gasteiger partial charge in [0.15, 0.2) is 15.7 Å². The molecule has 0 amide bonds. The van der Waals surface area contributed by atoms with Crippen LogP contribution in [0.4, 0.5) is 11.6 Å².